The molecule has 4 nitrogen and oxygen atoms in total. The molecule has 0 aliphatic carbocycles. The number of hydrogen-bond acceptors (Lipinski definition) is 2. The van der Waals surface area contributed by atoms with Crippen molar-refractivity contribution in [2.24, 2.45) is 0 Å². The highest BCUT2D eigenvalue weighted by atomic mass is 15.0. The van der Waals surface area contributed by atoms with E-state index in [-0.39, 0.29) is 0 Å². The molecule has 0 aliphatic heterocycles. The summed E-state index contributed by atoms with van der Waals surface area (Å²) in [7, 11) is 0. The Balaban J connectivity index is 1.27. The van der Waals surface area contributed by atoms with Crippen molar-refractivity contribution in [2.45, 2.75) is 0 Å². The van der Waals surface area contributed by atoms with Crippen molar-refractivity contribution >= 4 is 70.7 Å². The van der Waals surface area contributed by atoms with Crippen LogP contribution in [-0.4, -0.2) is 14.5 Å². The van der Waals surface area contributed by atoms with E-state index in [1.807, 2.05) is 36.5 Å². The standard InChI is InChI=1S/C45H26N4/c1-46-30-20-23-42-38(27-30)37-25-28(19-22-41(37)49(42)31-11-3-2-4-12-31)29-18-21-36-40(26-29)48-45(39-17-9-10-24-47-39)44-35-16-8-6-14-33(35)32-13-5-7-15-34(32)43(36)44/h2-27H. The molecule has 0 N–H and O–H groups in total. The SMILES string of the molecule is [C-]#[N+]c1ccc2c(c1)c1cc(-c3ccc4c(c3)nc(-c3ccccn3)c3c5ccccc5c5ccccc5c43)ccc1n2-c1ccccc1. The smallest absolute Gasteiger partial charge is 0.188 e. The van der Waals surface area contributed by atoms with Gasteiger partial charge >= 0.3 is 0 Å². The van der Waals surface area contributed by atoms with Gasteiger partial charge in [0, 0.05) is 33.4 Å². The second-order valence-electron chi connectivity index (χ2n) is 12.5. The third-order valence-corrected chi connectivity index (χ3v) is 9.80. The highest BCUT2D eigenvalue weighted by Gasteiger charge is 2.19. The van der Waals surface area contributed by atoms with Gasteiger partial charge in [-0.1, -0.05) is 97.1 Å². The Morgan fingerprint density at radius 2 is 1.12 bits per heavy atom. The molecule has 0 bridgehead atoms. The number of aromatic nitrogens is 3. The van der Waals surface area contributed by atoms with Gasteiger partial charge in [0.25, 0.3) is 0 Å². The first-order valence-corrected chi connectivity index (χ1v) is 16.4. The fraction of sp³-hybridized carbons (Fsp3) is 0. The van der Waals surface area contributed by atoms with Gasteiger partial charge < -0.3 is 4.57 Å². The van der Waals surface area contributed by atoms with Crippen LogP contribution in [0.15, 0.2) is 158 Å². The summed E-state index contributed by atoms with van der Waals surface area (Å²) in [6, 6.07) is 53.1. The molecule has 0 radical (unpaired) electrons. The molecule has 0 saturated heterocycles. The first-order chi connectivity index (χ1) is 24.3. The maximum atomic E-state index is 7.69. The zero-order chi connectivity index (χ0) is 32.5. The minimum atomic E-state index is 0.633. The van der Waals surface area contributed by atoms with Crippen LogP contribution in [0.4, 0.5) is 5.69 Å². The Hall–Kier alpha value is -6.83. The predicted molar refractivity (Wildman–Crippen MR) is 204 cm³/mol. The third kappa shape index (κ3) is 4.10. The molecule has 0 unspecified atom stereocenters. The van der Waals surface area contributed by atoms with Crippen molar-refractivity contribution in [3.8, 4) is 28.2 Å². The topological polar surface area (TPSA) is 35.1 Å². The molecule has 10 rings (SSSR count). The molecule has 0 spiro atoms. The summed E-state index contributed by atoms with van der Waals surface area (Å²) in [4.78, 5) is 13.9. The highest BCUT2D eigenvalue weighted by Crippen LogP contribution is 2.43. The normalized spacial score (nSPS) is 11.7. The Bertz CT molecular complexity index is 2990. The van der Waals surface area contributed by atoms with Crippen LogP contribution in [0.5, 0.6) is 0 Å². The zero-order valence-corrected chi connectivity index (χ0v) is 26.3. The van der Waals surface area contributed by atoms with Crippen LogP contribution in [0.1, 0.15) is 0 Å². The summed E-state index contributed by atoms with van der Waals surface area (Å²) in [5, 5.41) is 10.4. The van der Waals surface area contributed by atoms with Crippen LogP contribution in [-0.2, 0) is 0 Å². The number of para-hydroxylation sites is 1. The Morgan fingerprint density at radius 1 is 0.490 bits per heavy atom. The molecule has 10 aromatic rings. The second-order valence-corrected chi connectivity index (χ2v) is 12.5. The van der Waals surface area contributed by atoms with E-state index in [4.69, 9.17) is 16.5 Å². The molecular formula is C45H26N4. The van der Waals surface area contributed by atoms with Gasteiger partial charge in [-0.05, 0) is 92.7 Å². The van der Waals surface area contributed by atoms with E-state index in [0.717, 1.165) is 66.3 Å². The molecule has 226 valence electrons. The van der Waals surface area contributed by atoms with Crippen LogP contribution in [0.3, 0.4) is 0 Å². The fourth-order valence-corrected chi connectivity index (χ4v) is 7.66. The van der Waals surface area contributed by atoms with E-state index >= 15 is 0 Å². The minimum Gasteiger partial charge on any atom is -0.309 e. The molecule has 7 aromatic carbocycles. The molecule has 49 heavy (non-hydrogen) atoms. The monoisotopic (exact) mass is 622 g/mol. The summed E-state index contributed by atoms with van der Waals surface area (Å²) in [5.74, 6) is 0. The molecule has 0 fully saturated rings. The predicted octanol–water partition coefficient (Wildman–Crippen LogP) is 12.1. The number of nitrogens with zero attached hydrogens (tertiary/aromatic N) is 4. The maximum absolute atomic E-state index is 7.69. The highest BCUT2D eigenvalue weighted by molar-refractivity contribution is 6.33. The van der Waals surface area contributed by atoms with Crippen molar-refractivity contribution in [3.05, 3.63) is 169 Å². The number of pyridine rings is 2. The molecule has 3 aromatic heterocycles. The lowest BCUT2D eigenvalue weighted by Gasteiger charge is -2.16. The van der Waals surface area contributed by atoms with E-state index in [0.29, 0.717) is 5.69 Å². The van der Waals surface area contributed by atoms with E-state index in [1.165, 1.54) is 26.9 Å². The fourth-order valence-electron chi connectivity index (χ4n) is 7.66. The van der Waals surface area contributed by atoms with Crippen molar-refractivity contribution < 1.29 is 0 Å². The lowest BCUT2D eigenvalue weighted by atomic mass is 9.90. The number of benzene rings is 7. The van der Waals surface area contributed by atoms with Gasteiger partial charge in [0.2, 0.25) is 0 Å². The van der Waals surface area contributed by atoms with E-state index in [1.54, 1.807) is 0 Å². The Morgan fingerprint density at radius 3 is 1.86 bits per heavy atom. The summed E-state index contributed by atoms with van der Waals surface area (Å²) in [6.45, 7) is 7.69. The van der Waals surface area contributed by atoms with Crippen molar-refractivity contribution in [1.82, 2.24) is 14.5 Å². The Kier molecular flexibility index (Phi) is 5.90. The van der Waals surface area contributed by atoms with Crippen molar-refractivity contribution in [3.63, 3.8) is 0 Å². The van der Waals surface area contributed by atoms with Crippen LogP contribution in [0.2, 0.25) is 0 Å². The molecule has 0 atom stereocenters. The molecule has 0 amide bonds. The van der Waals surface area contributed by atoms with Crippen LogP contribution < -0.4 is 0 Å². The lowest BCUT2D eigenvalue weighted by Crippen LogP contribution is -1.95. The van der Waals surface area contributed by atoms with Gasteiger partial charge in [-0.3, -0.25) is 4.98 Å². The third-order valence-electron chi connectivity index (χ3n) is 9.80. The van der Waals surface area contributed by atoms with Crippen LogP contribution >= 0.6 is 0 Å². The summed E-state index contributed by atoms with van der Waals surface area (Å²) in [6.07, 6.45) is 1.84. The quantitative estimate of drug-likeness (QED) is 0.145. The summed E-state index contributed by atoms with van der Waals surface area (Å²) in [5.41, 5.74) is 8.75. The molecule has 3 heterocycles. The molecule has 4 heteroatoms. The van der Waals surface area contributed by atoms with Crippen LogP contribution in [0.25, 0.3) is 98.1 Å². The van der Waals surface area contributed by atoms with Crippen LogP contribution in [0, 0.1) is 6.57 Å². The van der Waals surface area contributed by atoms with Crippen molar-refractivity contribution in [1.29, 1.82) is 0 Å². The van der Waals surface area contributed by atoms with Gasteiger partial charge in [0.1, 0.15) is 0 Å². The number of fused-ring (bicyclic) bond motifs is 11. The summed E-state index contributed by atoms with van der Waals surface area (Å²) < 4.78 is 2.28. The largest absolute Gasteiger partial charge is 0.309 e. The maximum Gasteiger partial charge on any atom is 0.188 e. The lowest BCUT2D eigenvalue weighted by molar-refractivity contribution is 1.18. The average Bonchev–Trinajstić information content (AvgIpc) is 3.50. The number of rotatable bonds is 3. The molecule has 0 saturated carbocycles. The van der Waals surface area contributed by atoms with Gasteiger partial charge in [-0.25, -0.2) is 9.83 Å². The number of hydrogen-bond donors (Lipinski definition) is 0. The van der Waals surface area contributed by atoms with E-state index < -0.39 is 0 Å². The van der Waals surface area contributed by atoms with Gasteiger partial charge in [-0.2, -0.15) is 0 Å². The second kappa shape index (κ2) is 10.6. The minimum absolute atomic E-state index is 0.633. The zero-order valence-electron chi connectivity index (χ0n) is 26.3. The summed E-state index contributed by atoms with van der Waals surface area (Å²) >= 11 is 0. The first kappa shape index (κ1) is 27.3. The van der Waals surface area contributed by atoms with E-state index in [9.17, 15) is 0 Å². The van der Waals surface area contributed by atoms with Gasteiger partial charge in [0.05, 0.1) is 34.5 Å². The van der Waals surface area contributed by atoms with Gasteiger partial charge in [-0.15, -0.1) is 0 Å². The Labute approximate surface area is 282 Å². The van der Waals surface area contributed by atoms with Gasteiger partial charge in [0.15, 0.2) is 5.69 Å². The average molecular weight is 623 g/mol. The molecule has 0 aliphatic rings. The molecular weight excluding hydrogens is 597 g/mol. The first-order valence-electron chi connectivity index (χ1n) is 16.4. The van der Waals surface area contributed by atoms with Crippen molar-refractivity contribution in [2.75, 3.05) is 0 Å². The van der Waals surface area contributed by atoms with E-state index in [2.05, 4.69) is 131 Å².